The lowest BCUT2D eigenvalue weighted by Crippen LogP contribution is -2.53. The Morgan fingerprint density at radius 3 is 2.30 bits per heavy atom. The van der Waals surface area contributed by atoms with Crippen LogP contribution in [0.2, 0.25) is 0 Å². The summed E-state index contributed by atoms with van der Waals surface area (Å²) in [7, 11) is -0.338. The molecular weight excluding hydrogens is 370 g/mol. The molecule has 0 amide bonds. The fraction of sp³-hybridized carbons (Fsp3) is 0.611. The Bertz CT molecular complexity index is 713. The minimum atomic E-state index is -3.38. The van der Waals surface area contributed by atoms with E-state index in [-0.39, 0.29) is 12.4 Å². The van der Waals surface area contributed by atoms with Crippen molar-refractivity contribution in [2.75, 3.05) is 53.4 Å². The summed E-state index contributed by atoms with van der Waals surface area (Å²) in [4.78, 5) is 13.6. The molecule has 2 rings (SSSR count). The van der Waals surface area contributed by atoms with Crippen molar-refractivity contribution in [3.63, 3.8) is 0 Å². The zero-order chi connectivity index (χ0) is 20.0. The minimum absolute atomic E-state index is 0.0806. The standard InChI is InChI=1S/C18H29N3O5S/c1-4-18(23)15-5-7-17(8-6-15)26-14-16(22)13-20-9-11-21(12-10-20)27(24,25)19(2)3/h5-8,16,22H,4,9-14H2,1-3H3/t16-/m1/s1. The number of benzene rings is 1. The highest BCUT2D eigenvalue weighted by Crippen LogP contribution is 2.14. The van der Waals surface area contributed by atoms with E-state index in [2.05, 4.69) is 0 Å². The maximum Gasteiger partial charge on any atom is 0.281 e. The van der Waals surface area contributed by atoms with Gasteiger partial charge in [-0.15, -0.1) is 0 Å². The summed E-state index contributed by atoms with van der Waals surface area (Å²) < 4.78 is 32.5. The van der Waals surface area contributed by atoms with Crippen LogP contribution in [0.15, 0.2) is 24.3 Å². The number of β-amino-alcohol motifs (C(OH)–C–C–N with tert-alkyl or cyclic N) is 1. The first-order valence-corrected chi connectivity index (χ1v) is 10.5. The summed E-state index contributed by atoms with van der Waals surface area (Å²) >= 11 is 0. The van der Waals surface area contributed by atoms with E-state index in [1.54, 1.807) is 24.3 Å². The van der Waals surface area contributed by atoms with Crippen LogP contribution in [0, 0.1) is 0 Å². The lowest BCUT2D eigenvalue weighted by Gasteiger charge is -2.35. The van der Waals surface area contributed by atoms with Crippen LogP contribution in [-0.2, 0) is 10.2 Å². The molecule has 1 aromatic carbocycles. The topological polar surface area (TPSA) is 90.4 Å². The highest BCUT2D eigenvalue weighted by Gasteiger charge is 2.29. The summed E-state index contributed by atoms with van der Waals surface area (Å²) in [5.41, 5.74) is 0.649. The molecule has 27 heavy (non-hydrogen) atoms. The highest BCUT2D eigenvalue weighted by molar-refractivity contribution is 7.86. The average molecular weight is 400 g/mol. The molecule has 1 atom stereocenters. The van der Waals surface area contributed by atoms with Gasteiger partial charge in [-0.1, -0.05) is 6.92 Å². The van der Waals surface area contributed by atoms with Crippen LogP contribution < -0.4 is 4.74 Å². The van der Waals surface area contributed by atoms with Crippen molar-refractivity contribution in [3.8, 4) is 5.75 Å². The third kappa shape index (κ3) is 5.98. The molecule has 1 aromatic rings. The van der Waals surface area contributed by atoms with E-state index in [4.69, 9.17) is 4.74 Å². The van der Waals surface area contributed by atoms with Gasteiger partial charge in [-0.2, -0.15) is 17.0 Å². The number of ketones is 1. The van der Waals surface area contributed by atoms with Crippen molar-refractivity contribution in [1.82, 2.24) is 13.5 Å². The summed E-state index contributed by atoms with van der Waals surface area (Å²) in [6, 6.07) is 6.89. The van der Waals surface area contributed by atoms with E-state index in [9.17, 15) is 18.3 Å². The smallest absolute Gasteiger partial charge is 0.281 e. The number of ether oxygens (including phenoxy) is 1. The van der Waals surface area contributed by atoms with Crippen LogP contribution in [0.4, 0.5) is 0 Å². The van der Waals surface area contributed by atoms with E-state index in [1.807, 2.05) is 11.8 Å². The van der Waals surface area contributed by atoms with Crippen molar-refractivity contribution in [2.24, 2.45) is 0 Å². The Morgan fingerprint density at radius 2 is 1.78 bits per heavy atom. The van der Waals surface area contributed by atoms with Crippen LogP contribution in [0.1, 0.15) is 23.7 Å². The molecular formula is C18H29N3O5S. The maximum absolute atomic E-state index is 12.1. The Kier molecular flexibility index (Phi) is 7.75. The summed E-state index contributed by atoms with van der Waals surface area (Å²) in [6.07, 6.45) is -0.221. The number of hydrogen-bond donors (Lipinski definition) is 1. The van der Waals surface area contributed by atoms with Gasteiger partial charge in [0.05, 0.1) is 0 Å². The summed E-state index contributed by atoms with van der Waals surface area (Å²) in [6.45, 7) is 4.32. The molecule has 0 radical (unpaired) electrons. The third-order valence-corrected chi connectivity index (χ3v) is 6.47. The van der Waals surface area contributed by atoms with E-state index >= 15 is 0 Å². The first-order valence-electron chi connectivity index (χ1n) is 9.08. The number of Topliss-reactive ketones (excluding diaryl/α,β-unsaturated/α-hetero) is 1. The Balaban J connectivity index is 1.75. The van der Waals surface area contributed by atoms with Crippen molar-refractivity contribution in [1.29, 1.82) is 0 Å². The SMILES string of the molecule is CCC(=O)c1ccc(OC[C@H](O)CN2CCN(S(=O)(=O)N(C)C)CC2)cc1. The number of carbonyl (C=O) groups is 1. The Labute approximate surface area is 161 Å². The van der Waals surface area contributed by atoms with Gasteiger partial charge >= 0.3 is 0 Å². The van der Waals surface area contributed by atoms with Gasteiger partial charge in [0.25, 0.3) is 10.2 Å². The molecule has 0 saturated carbocycles. The fourth-order valence-corrected chi connectivity index (χ4v) is 3.94. The van der Waals surface area contributed by atoms with Crippen molar-refractivity contribution >= 4 is 16.0 Å². The van der Waals surface area contributed by atoms with Crippen molar-refractivity contribution in [2.45, 2.75) is 19.4 Å². The van der Waals surface area contributed by atoms with E-state index < -0.39 is 16.3 Å². The van der Waals surface area contributed by atoms with Gasteiger partial charge < -0.3 is 9.84 Å². The molecule has 0 aliphatic carbocycles. The fourth-order valence-electron chi connectivity index (χ4n) is 2.86. The number of aliphatic hydroxyl groups excluding tert-OH is 1. The quantitative estimate of drug-likeness (QED) is 0.606. The third-order valence-electron chi connectivity index (χ3n) is 4.53. The molecule has 1 fully saturated rings. The Morgan fingerprint density at radius 1 is 1.19 bits per heavy atom. The lowest BCUT2D eigenvalue weighted by atomic mass is 10.1. The number of piperazine rings is 1. The molecule has 9 heteroatoms. The second-order valence-corrected chi connectivity index (χ2v) is 8.90. The molecule has 1 heterocycles. The monoisotopic (exact) mass is 399 g/mol. The van der Waals surface area contributed by atoms with Gasteiger partial charge in [0.15, 0.2) is 5.78 Å². The van der Waals surface area contributed by atoms with E-state index in [1.165, 1.54) is 22.7 Å². The van der Waals surface area contributed by atoms with Gasteiger partial charge in [0.1, 0.15) is 18.5 Å². The number of nitrogens with zero attached hydrogens (tertiary/aromatic N) is 3. The minimum Gasteiger partial charge on any atom is -0.491 e. The molecule has 1 N–H and O–H groups in total. The number of rotatable bonds is 9. The highest BCUT2D eigenvalue weighted by atomic mass is 32.2. The van der Waals surface area contributed by atoms with Crippen LogP contribution in [0.25, 0.3) is 0 Å². The predicted molar refractivity (Wildman–Crippen MR) is 103 cm³/mol. The second kappa shape index (κ2) is 9.61. The molecule has 0 bridgehead atoms. The van der Waals surface area contributed by atoms with Crippen LogP contribution in [-0.4, -0.2) is 92.3 Å². The van der Waals surface area contributed by atoms with E-state index in [0.29, 0.717) is 50.5 Å². The van der Waals surface area contributed by atoms with Crippen molar-refractivity contribution in [3.05, 3.63) is 29.8 Å². The number of hydrogen-bond acceptors (Lipinski definition) is 6. The number of aliphatic hydroxyl groups is 1. The summed E-state index contributed by atoms with van der Waals surface area (Å²) in [5.74, 6) is 0.681. The zero-order valence-electron chi connectivity index (χ0n) is 16.2. The molecule has 0 spiro atoms. The zero-order valence-corrected chi connectivity index (χ0v) is 17.0. The molecule has 152 valence electrons. The second-order valence-electron chi connectivity index (χ2n) is 6.76. The van der Waals surface area contributed by atoms with E-state index in [0.717, 1.165) is 0 Å². The molecule has 0 aromatic heterocycles. The van der Waals surface area contributed by atoms with Gasteiger partial charge in [0, 0.05) is 58.8 Å². The van der Waals surface area contributed by atoms with Gasteiger partial charge in [0.2, 0.25) is 0 Å². The lowest BCUT2D eigenvalue weighted by molar-refractivity contribution is 0.0564. The molecule has 8 nitrogen and oxygen atoms in total. The van der Waals surface area contributed by atoms with Crippen molar-refractivity contribution < 1.29 is 23.1 Å². The first-order chi connectivity index (χ1) is 12.7. The van der Waals surface area contributed by atoms with Gasteiger partial charge in [-0.05, 0) is 24.3 Å². The normalized spacial score (nSPS) is 17.8. The predicted octanol–water partition coefficient (Wildman–Crippen LogP) is 0.443. The van der Waals surface area contributed by atoms with Gasteiger partial charge in [-0.25, -0.2) is 0 Å². The van der Waals surface area contributed by atoms with Crippen LogP contribution in [0.3, 0.4) is 0 Å². The maximum atomic E-state index is 12.1. The van der Waals surface area contributed by atoms with Crippen LogP contribution in [0.5, 0.6) is 5.75 Å². The first kappa shape index (κ1) is 21.8. The largest absolute Gasteiger partial charge is 0.491 e. The summed E-state index contributed by atoms with van der Waals surface area (Å²) in [5, 5.41) is 10.2. The van der Waals surface area contributed by atoms with Crippen LogP contribution >= 0.6 is 0 Å². The molecule has 1 aliphatic heterocycles. The Hall–Kier alpha value is -1.52. The molecule has 0 unspecified atom stereocenters. The molecule has 1 aliphatic rings. The molecule has 1 saturated heterocycles. The number of carbonyl (C=O) groups excluding carboxylic acids is 1. The average Bonchev–Trinajstić information content (AvgIpc) is 2.66. The van der Waals surface area contributed by atoms with Gasteiger partial charge in [-0.3, -0.25) is 9.69 Å².